The topological polar surface area (TPSA) is 15.3 Å². The van der Waals surface area contributed by atoms with Crippen molar-refractivity contribution in [1.29, 1.82) is 0 Å². The van der Waals surface area contributed by atoms with Crippen LogP contribution in [0, 0.1) is 5.92 Å². The Kier molecular flexibility index (Phi) is 7.14. The van der Waals surface area contributed by atoms with Gasteiger partial charge in [0.25, 0.3) is 0 Å². The second-order valence-electron chi connectivity index (χ2n) is 6.14. The van der Waals surface area contributed by atoms with E-state index >= 15 is 0 Å². The second kappa shape index (κ2) is 8.10. The van der Waals surface area contributed by atoms with Crippen molar-refractivity contribution in [2.45, 2.75) is 71.9 Å². The van der Waals surface area contributed by atoms with E-state index in [1.165, 1.54) is 45.2 Å². The second-order valence-corrected chi connectivity index (χ2v) is 6.14. The van der Waals surface area contributed by atoms with Crippen LogP contribution in [-0.4, -0.2) is 36.6 Å². The summed E-state index contributed by atoms with van der Waals surface area (Å²) in [6.45, 7) is 12.9. The molecule has 2 heteroatoms. The van der Waals surface area contributed by atoms with E-state index < -0.39 is 0 Å². The minimum Gasteiger partial charge on any atom is -0.313 e. The smallest absolute Gasteiger partial charge is 0.0166 e. The van der Waals surface area contributed by atoms with Gasteiger partial charge in [-0.2, -0.15) is 0 Å². The van der Waals surface area contributed by atoms with E-state index in [4.69, 9.17) is 0 Å². The van der Waals surface area contributed by atoms with Gasteiger partial charge in [-0.3, -0.25) is 4.90 Å². The molecule has 102 valence electrons. The molecule has 0 aromatic heterocycles. The molecule has 0 saturated heterocycles. The van der Waals surface area contributed by atoms with Crippen LogP contribution in [0.25, 0.3) is 0 Å². The van der Waals surface area contributed by atoms with Gasteiger partial charge < -0.3 is 5.32 Å². The first kappa shape index (κ1) is 15.0. The first-order valence-electron chi connectivity index (χ1n) is 7.61. The predicted octanol–water partition coefficient (Wildman–Crippen LogP) is 3.28. The molecule has 1 unspecified atom stereocenters. The molecule has 0 bridgehead atoms. The summed E-state index contributed by atoms with van der Waals surface area (Å²) in [5.74, 6) is 0.786. The van der Waals surface area contributed by atoms with Crippen LogP contribution in [0.3, 0.4) is 0 Å². The Morgan fingerprint density at radius 2 is 1.76 bits per heavy atom. The zero-order valence-corrected chi connectivity index (χ0v) is 12.3. The molecule has 17 heavy (non-hydrogen) atoms. The number of hydrogen-bond donors (Lipinski definition) is 1. The van der Waals surface area contributed by atoms with Gasteiger partial charge >= 0.3 is 0 Å². The fourth-order valence-corrected chi connectivity index (χ4v) is 2.92. The van der Waals surface area contributed by atoms with Crippen molar-refractivity contribution in [2.24, 2.45) is 5.92 Å². The fraction of sp³-hybridized carbons (Fsp3) is 1.00. The van der Waals surface area contributed by atoms with Gasteiger partial charge in [-0.05, 0) is 38.6 Å². The molecule has 1 aliphatic carbocycles. The minimum absolute atomic E-state index is 0.634. The third-order valence-electron chi connectivity index (χ3n) is 3.69. The van der Waals surface area contributed by atoms with Gasteiger partial charge in [-0.15, -0.1) is 0 Å². The van der Waals surface area contributed by atoms with Gasteiger partial charge in [0.2, 0.25) is 0 Å². The summed E-state index contributed by atoms with van der Waals surface area (Å²) >= 11 is 0. The molecule has 0 spiro atoms. The number of nitrogens with zero attached hydrogens (tertiary/aromatic N) is 1. The Bertz CT molecular complexity index is 185. The van der Waals surface area contributed by atoms with E-state index in [-0.39, 0.29) is 0 Å². The van der Waals surface area contributed by atoms with E-state index in [0.29, 0.717) is 6.04 Å². The SMILES string of the molecule is CCCNC(C)CN(CC(C)C)C1CCCC1. The molecule has 1 N–H and O–H groups in total. The standard InChI is InChI=1S/C15H32N2/c1-5-10-16-14(4)12-17(11-13(2)3)15-8-6-7-9-15/h13-16H,5-12H2,1-4H3. The average Bonchev–Trinajstić information content (AvgIpc) is 2.78. The molecule has 0 aromatic carbocycles. The Morgan fingerprint density at radius 3 is 2.29 bits per heavy atom. The lowest BCUT2D eigenvalue weighted by molar-refractivity contribution is 0.162. The van der Waals surface area contributed by atoms with Crippen LogP contribution in [0.5, 0.6) is 0 Å². The molecule has 1 aliphatic rings. The normalized spacial score (nSPS) is 19.4. The van der Waals surface area contributed by atoms with Gasteiger partial charge in [0.15, 0.2) is 0 Å². The van der Waals surface area contributed by atoms with Crippen molar-refractivity contribution in [1.82, 2.24) is 10.2 Å². The van der Waals surface area contributed by atoms with Gasteiger partial charge in [0, 0.05) is 25.2 Å². The molecule has 1 rings (SSSR count). The highest BCUT2D eigenvalue weighted by Crippen LogP contribution is 2.24. The maximum atomic E-state index is 3.62. The Labute approximate surface area is 108 Å². The van der Waals surface area contributed by atoms with Crippen molar-refractivity contribution in [3.8, 4) is 0 Å². The van der Waals surface area contributed by atoms with Gasteiger partial charge in [-0.25, -0.2) is 0 Å². The zero-order valence-electron chi connectivity index (χ0n) is 12.3. The van der Waals surface area contributed by atoms with E-state index in [2.05, 4.69) is 37.9 Å². The predicted molar refractivity (Wildman–Crippen MR) is 76.4 cm³/mol. The molecule has 1 atom stereocenters. The lowest BCUT2D eigenvalue weighted by atomic mass is 10.1. The van der Waals surface area contributed by atoms with Crippen molar-refractivity contribution in [3.05, 3.63) is 0 Å². The summed E-state index contributed by atoms with van der Waals surface area (Å²) in [7, 11) is 0. The molecule has 0 aromatic rings. The highest BCUT2D eigenvalue weighted by atomic mass is 15.2. The third kappa shape index (κ3) is 5.87. The molecule has 0 amide bonds. The summed E-state index contributed by atoms with van der Waals surface area (Å²) in [4.78, 5) is 2.74. The van der Waals surface area contributed by atoms with Crippen LogP contribution < -0.4 is 5.32 Å². The largest absolute Gasteiger partial charge is 0.313 e. The van der Waals surface area contributed by atoms with Crippen molar-refractivity contribution in [3.63, 3.8) is 0 Å². The maximum Gasteiger partial charge on any atom is 0.0166 e. The quantitative estimate of drug-likeness (QED) is 0.700. The molecule has 0 aliphatic heterocycles. The zero-order chi connectivity index (χ0) is 12.7. The van der Waals surface area contributed by atoms with E-state index in [9.17, 15) is 0 Å². The number of hydrogen-bond acceptors (Lipinski definition) is 2. The van der Waals surface area contributed by atoms with E-state index in [0.717, 1.165) is 18.5 Å². The summed E-state index contributed by atoms with van der Waals surface area (Å²) in [6.07, 6.45) is 6.96. The van der Waals surface area contributed by atoms with Crippen molar-refractivity contribution in [2.75, 3.05) is 19.6 Å². The van der Waals surface area contributed by atoms with Crippen LogP contribution in [0.1, 0.15) is 59.8 Å². The Hall–Kier alpha value is -0.0800. The van der Waals surface area contributed by atoms with Crippen LogP contribution in [0.4, 0.5) is 0 Å². The lowest BCUT2D eigenvalue weighted by Gasteiger charge is -2.33. The van der Waals surface area contributed by atoms with Crippen LogP contribution >= 0.6 is 0 Å². The van der Waals surface area contributed by atoms with E-state index in [1.807, 2.05) is 0 Å². The highest BCUT2D eigenvalue weighted by molar-refractivity contribution is 4.80. The summed E-state index contributed by atoms with van der Waals surface area (Å²) in [5.41, 5.74) is 0. The fourth-order valence-electron chi connectivity index (χ4n) is 2.92. The number of rotatable bonds is 8. The van der Waals surface area contributed by atoms with Gasteiger partial charge in [-0.1, -0.05) is 33.6 Å². The first-order valence-corrected chi connectivity index (χ1v) is 7.61. The minimum atomic E-state index is 0.634. The molecule has 0 radical (unpaired) electrons. The summed E-state index contributed by atoms with van der Waals surface area (Å²) < 4.78 is 0. The summed E-state index contributed by atoms with van der Waals surface area (Å²) in [6, 6.07) is 1.50. The first-order chi connectivity index (χ1) is 8.13. The molecule has 0 heterocycles. The third-order valence-corrected chi connectivity index (χ3v) is 3.69. The summed E-state index contributed by atoms with van der Waals surface area (Å²) in [5, 5.41) is 3.62. The van der Waals surface area contributed by atoms with Gasteiger partial charge in [0.1, 0.15) is 0 Å². The maximum absolute atomic E-state index is 3.62. The highest BCUT2D eigenvalue weighted by Gasteiger charge is 2.24. The van der Waals surface area contributed by atoms with Crippen LogP contribution in [0.2, 0.25) is 0 Å². The molecular formula is C15H32N2. The van der Waals surface area contributed by atoms with Crippen molar-refractivity contribution >= 4 is 0 Å². The van der Waals surface area contributed by atoms with Crippen LogP contribution in [-0.2, 0) is 0 Å². The molecule has 1 saturated carbocycles. The van der Waals surface area contributed by atoms with E-state index in [1.54, 1.807) is 0 Å². The molecule has 2 nitrogen and oxygen atoms in total. The average molecular weight is 240 g/mol. The Balaban J connectivity index is 2.38. The Morgan fingerprint density at radius 1 is 1.12 bits per heavy atom. The number of nitrogens with one attached hydrogen (secondary N) is 1. The van der Waals surface area contributed by atoms with Crippen molar-refractivity contribution < 1.29 is 0 Å². The molecular weight excluding hydrogens is 208 g/mol. The molecule has 1 fully saturated rings. The lowest BCUT2D eigenvalue weighted by Crippen LogP contribution is -2.45. The van der Waals surface area contributed by atoms with Gasteiger partial charge in [0.05, 0.1) is 0 Å². The van der Waals surface area contributed by atoms with Crippen LogP contribution in [0.15, 0.2) is 0 Å². The monoisotopic (exact) mass is 240 g/mol.